The maximum atomic E-state index is 12.3. The van der Waals surface area contributed by atoms with Gasteiger partial charge in [0.15, 0.2) is 0 Å². The number of aromatic carboxylic acids is 1. The Morgan fingerprint density at radius 1 is 1.07 bits per heavy atom. The number of thioether (sulfide) groups is 1. The van der Waals surface area contributed by atoms with Crippen LogP contribution in [0.3, 0.4) is 0 Å². The monoisotopic (exact) mass is 443 g/mol. The van der Waals surface area contributed by atoms with Gasteiger partial charge < -0.3 is 10.4 Å². The number of carboxylic acid groups (broad SMARTS) is 1. The molecule has 0 spiro atoms. The quantitative estimate of drug-likeness (QED) is 0.545. The van der Waals surface area contributed by atoms with Gasteiger partial charge in [0.2, 0.25) is 0 Å². The van der Waals surface area contributed by atoms with Crippen LogP contribution in [0.15, 0.2) is 70.4 Å². The summed E-state index contributed by atoms with van der Waals surface area (Å²) in [5.74, 6) is -0.903. The Hall–Kier alpha value is -2.71. The van der Waals surface area contributed by atoms with Gasteiger partial charge in [-0.15, -0.1) is 11.8 Å². The second-order valence-corrected chi connectivity index (χ2v) is 7.37. The molecule has 1 aromatic heterocycles. The molecule has 136 valence electrons. The second-order valence-electron chi connectivity index (χ2n) is 5.46. The van der Waals surface area contributed by atoms with Crippen molar-refractivity contribution in [2.24, 2.45) is 0 Å². The summed E-state index contributed by atoms with van der Waals surface area (Å²) in [5.41, 5.74) is 1.46. The number of benzene rings is 2. The number of aromatic nitrogens is 2. The van der Waals surface area contributed by atoms with Gasteiger partial charge in [-0.1, -0.05) is 46.3 Å². The van der Waals surface area contributed by atoms with E-state index < -0.39 is 11.9 Å². The zero-order chi connectivity index (χ0) is 19.2. The molecule has 0 aliphatic heterocycles. The van der Waals surface area contributed by atoms with Crippen molar-refractivity contribution in [1.29, 1.82) is 0 Å². The number of halogens is 1. The molecule has 0 atom stereocenters. The van der Waals surface area contributed by atoms with Crippen molar-refractivity contribution in [2.75, 3.05) is 5.32 Å². The SMILES string of the molecule is O=C(Nc1ccc(Br)cc1C(=O)O)c1cnc(SCc2ccccc2)cn1. The van der Waals surface area contributed by atoms with E-state index in [0.717, 1.165) is 5.75 Å². The summed E-state index contributed by atoms with van der Waals surface area (Å²) >= 11 is 4.73. The van der Waals surface area contributed by atoms with Gasteiger partial charge in [-0.05, 0) is 23.8 Å². The van der Waals surface area contributed by atoms with Crippen LogP contribution in [0.5, 0.6) is 0 Å². The lowest BCUT2D eigenvalue weighted by Gasteiger charge is -2.08. The van der Waals surface area contributed by atoms with Gasteiger partial charge in [0.05, 0.1) is 23.6 Å². The van der Waals surface area contributed by atoms with E-state index in [-0.39, 0.29) is 16.9 Å². The van der Waals surface area contributed by atoms with Gasteiger partial charge in [-0.2, -0.15) is 0 Å². The third-order valence-electron chi connectivity index (χ3n) is 3.55. The maximum absolute atomic E-state index is 12.3. The highest BCUT2D eigenvalue weighted by Gasteiger charge is 2.15. The summed E-state index contributed by atoms with van der Waals surface area (Å²) in [7, 11) is 0. The Labute approximate surface area is 168 Å². The van der Waals surface area contributed by atoms with Crippen LogP contribution >= 0.6 is 27.7 Å². The van der Waals surface area contributed by atoms with Gasteiger partial charge in [0.25, 0.3) is 5.91 Å². The predicted octanol–water partition coefficient (Wildman–Crippen LogP) is 4.48. The summed E-state index contributed by atoms with van der Waals surface area (Å²) in [5, 5.41) is 12.5. The number of nitrogens with one attached hydrogen (secondary N) is 1. The van der Waals surface area contributed by atoms with Crippen LogP contribution in [0.4, 0.5) is 5.69 Å². The smallest absolute Gasteiger partial charge is 0.337 e. The molecule has 0 bridgehead atoms. The highest BCUT2D eigenvalue weighted by Crippen LogP contribution is 2.22. The fourth-order valence-corrected chi connectivity index (χ4v) is 3.35. The molecule has 8 heteroatoms. The molecule has 0 fully saturated rings. The highest BCUT2D eigenvalue weighted by molar-refractivity contribution is 9.10. The summed E-state index contributed by atoms with van der Waals surface area (Å²) < 4.78 is 0.609. The molecule has 0 aliphatic carbocycles. The van der Waals surface area contributed by atoms with E-state index in [2.05, 4.69) is 31.2 Å². The van der Waals surface area contributed by atoms with Crippen molar-refractivity contribution < 1.29 is 14.7 Å². The van der Waals surface area contributed by atoms with Gasteiger partial charge in [-0.3, -0.25) is 4.79 Å². The number of anilines is 1. The van der Waals surface area contributed by atoms with Crippen LogP contribution < -0.4 is 5.32 Å². The zero-order valence-corrected chi connectivity index (χ0v) is 16.3. The van der Waals surface area contributed by atoms with Crippen molar-refractivity contribution in [2.45, 2.75) is 10.8 Å². The van der Waals surface area contributed by atoms with Crippen LogP contribution in [-0.4, -0.2) is 27.0 Å². The standard InChI is InChI=1S/C19H14BrN3O3S/c20-13-6-7-15(14(8-13)19(25)26)23-18(24)16-9-22-17(10-21-16)27-11-12-4-2-1-3-5-12/h1-10H,11H2,(H,23,24)(H,25,26). The molecule has 27 heavy (non-hydrogen) atoms. The van der Waals surface area contributed by atoms with Crippen molar-refractivity contribution >= 4 is 45.3 Å². The van der Waals surface area contributed by atoms with E-state index >= 15 is 0 Å². The summed E-state index contributed by atoms with van der Waals surface area (Å²) in [6, 6.07) is 14.6. The largest absolute Gasteiger partial charge is 0.478 e. The van der Waals surface area contributed by atoms with E-state index in [4.69, 9.17) is 0 Å². The maximum Gasteiger partial charge on any atom is 0.337 e. The van der Waals surface area contributed by atoms with Crippen LogP contribution in [0.25, 0.3) is 0 Å². The van der Waals surface area contributed by atoms with Crippen LogP contribution in [0.1, 0.15) is 26.4 Å². The fourth-order valence-electron chi connectivity index (χ4n) is 2.23. The number of amides is 1. The number of hydrogen-bond acceptors (Lipinski definition) is 5. The minimum atomic E-state index is -1.13. The van der Waals surface area contributed by atoms with Gasteiger partial charge in [0.1, 0.15) is 10.7 Å². The molecule has 3 aromatic rings. The van der Waals surface area contributed by atoms with Crippen molar-refractivity contribution in [3.8, 4) is 0 Å². The number of carboxylic acids is 1. The molecule has 0 aliphatic rings. The van der Waals surface area contributed by atoms with Gasteiger partial charge in [-0.25, -0.2) is 14.8 Å². The molecule has 2 aromatic carbocycles. The van der Waals surface area contributed by atoms with Crippen LogP contribution in [0, 0.1) is 0 Å². The number of rotatable bonds is 6. The first kappa shape index (κ1) is 19.1. The molecule has 0 saturated heterocycles. The molecular weight excluding hydrogens is 430 g/mol. The third kappa shape index (κ3) is 5.15. The Balaban J connectivity index is 1.67. The minimum Gasteiger partial charge on any atom is -0.478 e. The Morgan fingerprint density at radius 3 is 2.52 bits per heavy atom. The number of carbonyl (C=O) groups is 2. The number of carbonyl (C=O) groups excluding carboxylic acids is 1. The topological polar surface area (TPSA) is 92.2 Å². The highest BCUT2D eigenvalue weighted by atomic mass is 79.9. The summed E-state index contributed by atoms with van der Waals surface area (Å²) in [6.07, 6.45) is 2.91. The average molecular weight is 444 g/mol. The first-order valence-electron chi connectivity index (χ1n) is 7.86. The van der Waals surface area contributed by atoms with Crippen LogP contribution in [-0.2, 0) is 5.75 Å². The van der Waals surface area contributed by atoms with E-state index in [0.29, 0.717) is 9.50 Å². The second kappa shape index (κ2) is 8.79. The first-order valence-corrected chi connectivity index (χ1v) is 9.64. The van der Waals surface area contributed by atoms with Crippen molar-refractivity contribution in [1.82, 2.24) is 9.97 Å². The Bertz CT molecular complexity index is 966. The molecule has 3 rings (SSSR count). The lowest BCUT2D eigenvalue weighted by Crippen LogP contribution is -2.16. The molecule has 1 heterocycles. The average Bonchev–Trinajstić information content (AvgIpc) is 2.68. The first-order chi connectivity index (χ1) is 13.0. The molecule has 0 saturated carbocycles. The molecular formula is C19H14BrN3O3S. The summed E-state index contributed by atoms with van der Waals surface area (Å²) in [6.45, 7) is 0. The molecule has 2 N–H and O–H groups in total. The van der Waals surface area contributed by atoms with Crippen molar-refractivity contribution in [3.63, 3.8) is 0 Å². The molecule has 1 amide bonds. The zero-order valence-electron chi connectivity index (χ0n) is 13.9. The van der Waals surface area contributed by atoms with E-state index in [1.807, 2.05) is 30.3 Å². The molecule has 0 unspecified atom stereocenters. The normalized spacial score (nSPS) is 10.4. The van der Waals surface area contributed by atoms with E-state index in [1.165, 1.54) is 41.9 Å². The minimum absolute atomic E-state index is 0.0132. The Kier molecular flexibility index (Phi) is 6.20. The van der Waals surface area contributed by atoms with Gasteiger partial charge in [0, 0.05) is 10.2 Å². The number of hydrogen-bond donors (Lipinski definition) is 2. The lowest BCUT2D eigenvalue weighted by molar-refractivity contribution is 0.0698. The van der Waals surface area contributed by atoms with Gasteiger partial charge >= 0.3 is 5.97 Å². The van der Waals surface area contributed by atoms with E-state index in [9.17, 15) is 14.7 Å². The third-order valence-corrected chi connectivity index (χ3v) is 5.03. The molecule has 6 nitrogen and oxygen atoms in total. The lowest BCUT2D eigenvalue weighted by atomic mass is 10.2. The Morgan fingerprint density at radius 2 is 1.85 bits per heavy atom. The summed E-state index contributed by atoms with van der Waals surface area (Å²) in [4.78, 5) is 32.0. The number of nitrogens with zero attached hydrogens (tertiary/aromatic N) is 2. The van der Waals surface area contributed by atoms with Crippen LogP contribution in [0.2, 0.25) is 0 Å². The molecule has 0 radical (unpaired) electrons. The van der Waals surface area contributed by atoms with Crippen molar-refractivity contribution in [3.05, 3.63) is 82.2 Å². The predicted molar refractivity (Wildman–Crippen MR) is 107 cm³/mol. The van der Waals surface area contributed by atoms with E-state index in [1.54, 1.807) is 6.07 Å². The fraction of sp³-hybridized carbons (Fsp3) is 0.0526.